The fraction of sp³-hybridized carbons (Fsp3) is 0.143. The summed E-state index contributed by atoms with van der Waals surface area (Å²) in [7, 11) is 0. The van der Waals surface area contributed by atoms with Gasteiger partial charge in [0.05, 0.1) is 6.04 Å². The summed E-state index contributed by atoms with van der Waals surface area (Å²) in [6.45, 7) is 2.39. The Kier molecular flexibility index (Phi) is 7.23. The summed E-state index contributed by atoms with van der Waals surface area (Å²) < 4.78 is 11.8. The molecule has 0 aliphatic heterocycles. The van der Waals surface area contributed by atoms with Crippen LogP contribution >= 0.6 is 11.8 Å². The maximum Gasteiger partial charge on any atom is 0.287 e. The standard InChI is InChI=1S/C28H24N4O3S/c1-19(21-9-11-22(12-10-21)34-17-20-6-4-13-29-16-20)32-27(33)26-24(18-36-28-30-14-5-15-31-28)23-7-2-3-8-25(23)35-26/h2-16,19H,17-18H2,1H3,(H,32,33). The van der Waals surface area contributed by atoms with Gasteiger partial charge in [0.25, 0.3) is 5.91 Å². The zero-order valence-electron chi connectivity index (χ0n) is 19.6. The lowest BCUT2D eigenvalue weighted by Crippen LogP contribution is -2.27. The molecule has 3 heterocycles. The van der Waals surface area contributed by atoms with Gasteiger partial charge in [0.1, 0.15) is 17.9 Å². The van der Waals surface area contributed by atoms with Crippen molar-refractivity contribution < 1.29 is 13.9 Å². The van der Waals surface area contributed by atoms with Gasteiger partial charge in [-0.2, -0.15) is 0 Å². The first-order chi connectivity index (χ1) is 17.7. The number of hydrogen-bond donors (Lipinski definition) is 1. The highest BCUT2D eigenvalue weighted by Gasteiger charge is 2.22. The SMILES string of the molecule is CC(NC(=O)c1oc2ccccc2c1CSc1ncccn1)c1ccc(OCc2cccnc2)cc1. The molecule has 0 saturated heterocycles. The van der Waals surface area contributed by atoms with Crippen LogP contribution in [0.3, 0.4) is 0 Å². The number of hydrogen-bond acceptors (Lipinski definition) is 7. The van der Waals surface area contributed by atoms with Gasteiger partial charge in [-0.3, -0.25) is 9.78 Å². The van der Waals surface area contributed by atoms with Crippen LogP contribution in [0.15, 0.2) is 101 Å². The number of carbonyl (C=O) groups is 1. The van der Waals surface area contributed by atoms with Gasteiger partial charge in [-0.1, -0.05) is 48.2 Å². The minimum atomic E-state index is -0.264. The third-order valence-electron chi connectivity index (χ3n) is 5.65. The number of amides is 1. The van der Waals surface area contributed by atoms with Crippen molar-refractivity contribution in [3.63, 3.8) is 0 Å². The van der Waals surface area contributed by atoms with E-state index in [9.17, 15) is 4.79 Å². The first kappa shape index (κ1) is 23.6. The number of aromatic nitrogens is 3. The van der Waals surface area contributed by atoms with E-state index in [-0.39, 0.29) is 11.9 Å². The van der Waals surface area contributed by atoms with Gasteiger partial charge >= 0.3 is 0 Å². The van der Waals surface area contributed by atoms with Crippen molar-refractivity contribution in [3.05, 3.63) is 114 Å². The Balaban J connectivity index is 1.27. The van der Waals surface area contributed by atoms with E-state index in [1.807, 2.05) is 67.6 Å². The summed E-state index contributed by atoms with van der Waals surface area (Å²) in [5.41, 5.74) is 3.46. The van der Waals surface area contributed by atoms with Crippen molar-refractivity contribution in [1.29, 1.82) is 0 Å². The van der Waals surface area contributed by atoms with Crippen LogP contribution < -0.4 is 10.1 Å². The highest BCUT2D eigenvalue weighted by Crippen LogP contribution is 2.31. The van der Waals surface area contributed by atoms with E-state index in [2.05, 4.69) is 20.3 Å². The molecule has 0 radical (unpaired) electrons. The van der Waals surface area contributed by atoms with Crippen LogP contribution in [0.1, 0.15) is 40.2 Å². The quantitative estimate of drug-likeness (QED) is 0.198. The van der Waals surface area contributed by atoms with Gasteiger partial charge in [0.15, 0.2) is 10.9 Å². The molecule has 0 aliphatic rings. The molecule has 5 rings (SSSR count). The lowest BCUT2D eigenvalue weighted by atomic mass is 10.1. The molecule has 36 heavy (non-hydrogen) atoms. The number of nitrogens with one attached hydrogen (secondary N) is 1. The van der Waals surface area contributed by atoms with Crippen molar-refractivity contribution in [3.8, 4) is 5.75 Å². The smallest absolute Gasteiger partial charge is 0.287 e. The van der Waals surface area contributed by atoms with E-state index in [1.54, 1.807) is 30.9 Å². The molecule has 1 atom stereocenters. The Morgan fingerprint density at radius 1 is 1.00 bits per heavy atom. The Morgan fingerprint density at radius 2 is 1.81 bits per heavy atom. The fourth-order valence-corrected chi connectivity index (χ4v) is 4.60. The Labute approximate surface area is 213 Å². The van der Waals surface area contributed by atoms with Crippen LogP contribution in [0.25, 0.3) is 11.0 Å². The number of rotatable bonds is 9. The molecule has 0 fully saturated rings. The first-order valence-corrected chi connectivity index (χ1v) is 12.5. The summed E-state index contributed by atoms with van der Waals surface area (Å²) in [5.74, 6) is 1.31. The summed E-state index contributed by atoms with van der Waals surface area (Å²) in [5, 5.41) is 4.62. The number of ether oxygens (including phenoxy) is 1. The van der Waals surface area contributed by atoms with Crippen molar-refractivity contribution in [2.24, 2.45) is 0 Å². The van der Waals surface area contributed by atoms with Crippen LogP contribution in [0, 0.1) is 0 Å². The molecule has 7 nitrogen and oxygen atoms in total. The summed E-state index contributed by atoms with van der Waals surface area (Å²) in [6.07, 6.45) is 6.92. The molecule has 3 aromatic heterocycles. The van der Waals surface area contributed by atoms with Crippen LogP contribution in [0.2, 0.25) is 0 Å². The van der Waals surface area contributed by atoms with Crippen LogP contribution in [-0.4, -0.2) is 20.9 Å². The molecule has 1 N–H and O–H groups in total. The maximum atomic E-state index is 13.3. The number of thioether (sulfide) groups is 1. The molecule has 180 valence electrons. The molecule has 0 saturated carbocycles. The van der Waals surface area contributed by atoms with Gasteiger partial charge < -0.3 is 14.5 Å². The highest BCUT2D eigenvalue weighted by molar-refractivity contribution is 7.98. The molecular weight excluding hydrogens is 472 g/mol. The number of para-hydroxylation sites is 1. The van der Waals surface area contributed by atoms with E-state index < -0.39 is 0 Å². The van der Waals surface area contributed by atoms with E-state index in [4.69, 9.17) is 9.15 Å². The second kappa shape index (κ2) is 11.0. The lowest BCUT2D eigenvalue weighted by Gasteiger charge is -2.15. The zero-order valence-corrected chi connectivity index (χ0v) is 20.4. The average Bonchev–Trinajstić information content (AvgIpc) is 3.31. The van der Waals surface area contributed by atoms with Crippen LogP contribution in [-0.2, 0) is 12.4 Å². The van der Waals surface area contributed by atoms with Gasteiger partial charge in [0, 0.05) is 47.1 Å². The van der Waals surface area contributed by atoms with Crippen LogP contribution in [0.4, 0.5) is 0 Å². The minimum Gasteiger partial charge on any atom is -0.489 e. The number of furan rings is 1. The number of benzene rings is 2. The zero-order chi connectivity index (χ0) is 24.7. The van der Waals surface area contributed by atoms with Gasteiger partial charge in [-0.05, 0) is 42.8 Å². The minimum absolute atomic E-state index is 0.226. The maximum absolute atomic E-state index is 13.3. The molecule has 1 amide bonds. The molecule has 8 heteroatoms. The van der Waals surface area contributed by atoms with Crippen molar-refractivity contribution >= 4 is 28.6 Å². The first-order valence-electron chi connectivity index (χ1n) is 11.5. The molecule has 1 unspecified atom stereocenters. The van der Waals surface area contributed by atoms with Gasteiger partial charge in [0.2, 0.25) is 0 Å². The number of nitrogens with zero attached hydrogens (tertiary/aromatic N) is 3. The summed E-state index contributed by atoms with van der Waals surface area (Å²) in [4.78, 5) is 25.9. The van der Waals surface area contributed by atoms with E-state index in [0.717, 1.165) is 27.8 Å². The number of carbonyl (C=O) groups excluding carboxylic acids is 1. The van der Waals surface area contributed by atoms with E-state index in [1.165, 1.54) is 11.8 Å². The fourth-order valence-electron chi connectivity index (χ4n) is 3.77. The monoisotopic (exact) mass is 496 g/mol. The Bertz CT molecular complexity index is 1440. The largest absolute Gasteiger partial charge is 0.489 e. The Morgan fingerprint density at radius 3 is 2.58 bits per heavy atom. The van der Waals surface area contributed by atoms with Crippen molar-refractivity contribution in [2.45, 2.75) is 30.5 Å². The molecule has 0 spiro atoms. The van der Waals surface area contributed by atoms with E-state index in [0.29, 0.717) is 28.9 Å². The number of fused-ring (bicyclic) bond motifs is 1. The molecular formula is C28H24N4O3S. The second-order valence-corrected chi connectivity index (χ2v) is 9.08. The summed E-state index contributed by atoms with van der Waals surface area (Å²) in [6, 6.07) is 20.8. The lowest BCUT2D eigenvalue weighted by molar-refractivity contribution is 0.0913. The number of pyridine rings is 1. The Hall–Kier alpha value is -4.17. The topological polar surface area (TPSA) is 90.1 Å². The highest BCUT2D eigenvalue weighted by atomic mass is 32.2. The normalized spacial score (nSPS) is 11.8. The molecule has 0 aliphatic carbocycles. The van der Waals surface area contributed by atoms with Crippen LogP contribution in [0.5, 0.6) is 5.75 Å². The average molecular weight is 497 g/mol. The van der Waals surface area contributed by atoms with Crippen molar-refractivity contribution in [2.75, 3.05) is 0 Å². The molecule has 0 bridgehead atoms. The molecule has 2 aromatic carbocycles. The third-order valence-corrected chi connectivity index (χ3v) is 6.55. The third kappa shape index (κ3) is 5.55. The van der Waals surface area contributed by atoms with Crippen molar-refractivity contribution in [1.82, 2.24) is 20.3 Å². The summed E-state index contributed by atoms with van der Waals surface area (Å²) >= 11 is 1.46. The second-order valence-electron chi connectivity index (χ2n) is 8.14. The van der Waals surface area contributed by atoms with Gasteiger partial charge in [-0.25, -0.2) is 9.97 Å². The molecule has 5 aromatic rings. The van der Waals surface area contributed by atoms with Gasteiger partial charge in [-0.15, -0.1) is 0 Å². The van der Waals surface area contributed by atoms with E-state index >= 15 is 0 Å². The predicted molar refractivity (Wildman–Crippen MR) is 139 cm³/mol. The predicted octanol–water partition coefficient (Wildman–Crippen LogP) is 5.98.